The minimum Gasteiger partial charge on any atom is -0.465 e. The van der Waals surface area contributed by atoms with Crippen LogP contribution in [-0.4, -0.2) is 54.0 Å². The molecular formula is C22H28N4O6. The Labute approximate surface area is 185 Å². The number of carbonyl (C=O) groups excluding carboxylic acids is 4. The zero-order valence-corrected chi connectivity index (χ0v) is 17.8. The molecule has 1 aromatic rings. The number of anilines is 1. The molecule has 0 saturated carbocycles. The van der Waals surface area contributed by atoms with E-state index >= 15 is 0 Å². The average molecular weight is 444 g/mol. The van der Waals surface area contributed by atoms with Gasteiger partial charge in [-0.25, -0.2) is 4.79 Å². The Bertz CT molecular complexity index is 902. The summed E-state index contributed by atoms with van der Waals surface area (Å²) >= 11 is 0. The van der Waals surface area contributed by atoms with Crippen LogP contribution >= 0.6 is 0 Å². The van der Waals surface area contributed by atoms with Crippen molar-refractivity contribution in [3.8, 4) is 0 Å². The zero-order valence-electron chi connectivity index (χ0n) is 17.8. The van der Waals surface area contributed by atoms with Crippen LogP contribution in [0.5, 0.6) is 0 Å². The first-order valence-electron chi connectivity index (χ1n) is 10.9. The highest BCUT2D eigenvalue weighted by Gasteiger charge is 2.35. The molecule has 0 radical (unpaired) electrons. The molecule has 2 heterocycles. The highest BCUT2D eigenvalue weighted by molar-refractivity contribution is 6.02. The second-order valence-corrected chi connectivity index (χ2v) is 8.00. The van der Waals surface area contributed by atoms with Crippen molar-refractivity contribution in [1.82, 2.24) is 16.0 Å². The second-order valence-electron chi connectivity index (χ2n) is 8.00. The average Bonchev–Trinajstić information content (AvgIpc) is 2.76. The third kappa shape index (κ3) is 5.83. The first-order chi connectivity index (χ1) is 15.4. The number of fused-ring (bicyclic) bond motifs is 1. The van der Waals surface area contributed by atoms with Crippen LogP contribution in [0.2, 0.25) is 0 Å². The van der Waals surface area contributed by atoms with Crippen LogP contribution < -0.4 is 20.9 Å². The Morgan fingerprint density at radius 1 is 1.09 bits per heavy atom. The summed E-state index contributed by atoms with van der Waals surface area (Å²) in [5, 5.41) is 15.9. The highest BCUT2D eigenvalue weighted by atomic mass is 16.4. The van der Waals surface area contributed by atoms with Crippen LogP contribution in [0, 0.1) is 0 Å². The van der Waals surface area contributed by atoms with Gasteiger partial charge in [0.15, 0.2) is 0 Å². The number of rotatable bonds is 8. The van der Waals surface area contributed by atoms with E-state index in [4.69, 9.17) is 5.11 Å². The van der Waals surface area contributed by atoms with Gasteiger partial charge in [0.2, 0.25) is 23.6 Å². The summed E-state index contributed by atoms with van der Waals surface area (Å²) in [6.07, 6.45) is 2.24. The van der Waals surface area contributed by atoms with Crippen molar-refractivity contribution in [2.24, 2.45) is 0 Å². The predicted molar refractivity (Wildman–Crippen MR) is 115 cm³/mol. The molecule has 2 aliphatic heterocycles. The van der Waals surface area contributed by atoms with Gasteiger partial charge in [-0.15, -0.1) is 0 Å². The fraction of sp³-hybridized carbons (Fsp3) is 0.500. The van der Waals surface area contributed by atoms with E-state index in [0.29, 0.717) is 44.5 Å². The topological polar surface area (TPSA) is 145 Å². The minimum atomic E-state index is -1.05. The Morgan fingerprint density at radius 2 is 1.88 bits per heavy atom. The summed E-state index contributed by atoms with van der Waals surface area (Å²) in [5.41, 5.74) is 1.43. The minimum absolute atomic E-state index is 0.0346. The molecule has 10 nitrogen and oxygen atoms in total. The Morgan fingerprint density at radius 3 is 2.62 bits per heavy atom. The molecule has 10 heteroatoms. The number of carbonyl (C=O) groups is 5. The lowest BCUT2D eigenvalue weighted by Gasteiger charge is -2.34. The van der Waals surface area contributed by atoms with Crippen molar-refractivity contribution >= 4 is 35.4 Å². The van der Waals surface area contributed by atoms with Crippen molar-refractivity contribution in [1.29, 1.82) is 0 Å². The van der Waals surface area contributed by atoms with Crippen molar-refractivity contribution < 1.29 is 29.1 Å². The molecule has 0 bridgehead atoms. The lowest BCUT2D eigenvalue weighted by molar-refractivity contribution is -0.137. The van der Waals surface area contributed by atoms with Gasteiger partial charge in [-0.1, -0.05) is 24.6 Å². The lowest BCUT2D eigenvalue weighted by Crippen LogP contribution is -2.53. The number of nitrogens with one attached hydrogen (secondary N) is 3. The Kier molecular flexibility index (Phi) is 7.80. The summed E-state index contributed by atoms with van der Waals surface area (Å²) < 4.78 is 0. The van der Waals surface area contributed by atoms with E-state index in [1.165, 1.54) is 0 Å². The first kappa shape index (κ1) is 23.2. The molecule has 1 fully saturated rings. The maximum absolute atomic E-state index is 12.9. The summed E-state index contributed by atoms with van der Waals surface area (Å²) in [5.74, 6) is -1.63. The molecule has 172 valence electrons. The summed E-state index contributed by atoms with van der Waals surface area (Å²) in [6, 6.07) is 6.53. The number of imide groups is 1. The van der Waals surface area contributed by atoms with Crippen molar-refractivity contribution in [3.05, 3.63) is 29.8 Å². The van der Waals surface area contributed by atoms with Gasteiger partial charge in [-0.2, -0.15) is 0 Å². The van der Waals surface area contributed by atoms with Gasteiger partial charge in [0.25, 0.3) is 0 Å². The van der Waals surface area contributed by atoms with Crippen LogP contribution in [0.4, 0.5) is 10.5 Å². The number of hydrogen-bond acceptors (Lipinski definition) is 5. The van der Waals surface area contributed by atoms with Crippen LogP contribution in [-0.2, 0) is 19.2 Å². The van der Waals surface area contributed by atoms with Crippen molar-refractivity contribution in [2.75, 3.05) is 18.0 Å². The summed E-state index contributed by atoms with van der Waals surface area (Å²) in [7, 11) is 0. The molecule has 1 aromatic carbocycles. The van der Waals surface area contributed by atoms with Crippen LogP contribution in [0.15, 0.2) is 24.3 Å². The van der Waals surface area contributed by atoms with Gasteiger partial charge < -0.3 is 20.6 Å². The smallest absolute Gasteiger partial charge is 0.404 e. The van der Waals surface area contributed by atoms with E-state index in [-0.39, 0.29) is 30.6 Å². The summed E-state index contributed by atoms with van der Waals surface area (Å²) in [4.78, 5) is 61.2. The second kappa shape index (κ2) is 10.7. The zero-order chi connectivity index (χ0) is 23.1. The number of para-hydroxylation sites is 1. The molecule has 2 aliphatic rings. The fourth-order valence-electron chi connectivity index (χ4n) is 4.11. The number of piperidine rings is 1. The Hall–Kier alpha value is -3.43. The van der Waals surface area contributed by atoms with E-state index in [2.05, 4.69) is 16.0 Å². The molecule has 2 atom stereocenters. The molecule has 0 aromatic heterocycles. The molecule has 0 spiro atoms. The maximum atomic E-state index is 12.9. The molecule has 1 saturated heterocycles. The van der Waals surface area contributed by atoms with Crippen molar-refractivity contribution in [2.45, 2.75) is 56.9 Å². The van der Waals surface area contributed by atoms with E-state index in [1.807, 2.05) is 24.3 Å². The number of unbranched alkanes of at least 4 members (excludes halogenated alkanes) is 2. The number of nitrogens with zero attached hydrogens (tertiary/aromatic N) is 1. The first-order valence-corrected chi connectivity index (χ1v) is 10.9. The SMILES string of the molecule is O=C(O)NCCCCCC(=O)N1CC[C@H](C(=O)N[C@@H]2CCC(=O)NC2=O)c2ccccc21. The standard InChI is InChI=1S/C22H28N4O6/c27-18-10-9-16(21(30)25-18)24-20(29)15-11-13-26(17-7-4-3-6-14(15)17)19(28)8-2-1-5-12-23-22(31)32/h3-4,6-7,15-16,23H,1-2,5,8-13H2,(H,24,29)(H,31,32)(H,25,27,30)/t15-,16+/m0/s1. The number of benzene rings is 1. The highest BCUT2D eigenvalue weighted by Crippen LogP contribution is 2.36. The molecule has 5 amide bonds. The van der Waals surface area contributed by atoms with Gasteiger partial charge in [-0.05, 0) is 37.3 Å². The Balaban J connectivity index is 1.58. The predicted octanol–water partition coefficient (Wildman–Crippen LogP) is 1.26. The van der Waals surface area contributed by atoms with Gasteiger partial charge in [-0.3, -0.25) is 24.5 Å². The van der Waals surface area contributed by atoms with E-state index in [9.17, 15) is 24.0 Å². The van der Waals surface area contributed by atoms with Gasteiger partial charge in [0.05, 0.1) is 5.92 Å². The van der Waals surface area contributed by atoms with Crippen molar-refractivity contribution in [3.63, 3.8) is 0 Å². The van der Waals surface area contributed by atoms with Gasteiger partial charge in [0, 0.05) is 31.6 Å². The quantitative estimate of drug-likeness (QED) is 0.351. The molecular weight excluding hydrogens is 416 g/mol. The van der Waals surface area contributed by atoms with E-state index in [1.54, 1.807) is 4.90 Å². The van der Waals surface area contributed by atoms with E-state index in [0.717, 1.165) is 12.0 Å². The van der Waals surface area contributed by atoms with Gasteiger partial charge in [0.1, 0.15) is 6.04 Å². The van der Waals surface area contributed by atoms with Crippen LogP contribution in [0.1, 0.15) is 56.4 Å². The largest absolute Gasteiger partial charge is 0.465 e. The number of amides is 5. The van der Waals surface area contributed by atoms with Crippen LogP contribution in [0.3, 0.4) is 0 Å². The van der Waals surface area contributed by atoms with Crippen LogP contribution in [0.25, 0.3) is 0 Å². The molecule has 32 heavy (non-hydrogen) atoms. The third-order valence-electron chi connectivity index (χ3n) is 5.76. The molecule has 4 N–H and O–H groups in total. The molecule has 0 unspecified atom stereocenters. The molecule has 0 aliphatic carbocycles. The third-order valence-corrected chi connectivity index (χ3v) is 5.76. The normalized spacial score (nSPS) is 20.2. The van der Waals surface area contributed by atoms with Gasteiger partial charge >= 0.3 is 6.09 Å². The number of hydrogen-bond donors (Lipinski definition) is 4. The lowest BCUT2D eigenvalue weighted by atomic mass is 9.88. The van der Waals surface area contributed by atoms with E-state index < -0.39 is 24.0 Å². The number of carboxylic acid groups (broad SMARTS) is 1. The molecule has 3 rings (SSSR count). The fourth-order valence-corrected chi connectivity index (χ4v) is 4.11. The monoisotopic (exact) mass is 444 g/mol. The maximum Gasteiger partial charge on any atom is 0.404 e. The summed E-state index contributed by atoms with van der Waals surface area (Å²) in [6.45, 7) is 0.754.